The Bertz CT molecular complexity index is 1400. The number of esters is 1. The molecular weight excluding hydrogens is 524 g/mol. The number of benzene rings is 3. The van der Waals surface area contributed by atoms with E-state index in [1.165, 1.54) is 49.6 Å². The second-order valence-corrected chi connectivity index (χ2v) is 10.2. The molecule has 3 aromatic rings. The van der Waals surface area contributed by atoms with Gasteiger partial charge >= 0.3 is 5.97 Å². The molecule has 3 atom stereocenters. The van der Waals surface area contributed by atoms with Gasteiger partial charge in [-0.15, -0.1) is 0 Å². The summed E-state index contributed by atoms with van der Waals surface area (Å²) < 4.78 is 11.0. The number of ketones is 1. The highest BCUT2D eigenvalue weighted by atomic mass is 16.5. The molecule has 1 fully saturated rings. The number of carbonyl (C=O) groups is 3. The van der Waals surface area contributed by atoms with E-state index in [2.05, 4.69) is 10.6 Å². The maximum absolute atomic E-state index is 13.2. The topological polar surface area (TPSA) is 134 Å². The normalized spacial score (nSPS) is 17.6. The van der Waals surface area contributed by atoms with E-state index in [1.807, 2.05) is 13.8 Å². The molecule has 1 heterocycles. The Kier molecular flexibility index (Phi) is 9.62. The van der Waals surface area contributed by atoms with Crippen LogP contribution in [-0.2, 0) is 4.74 Å². The highest BCUT2D eigenvalue weighted by molar-refractivity contribution is 6.11. The fourth-order valence-corrected chi connectivity index (χ4v) is 4.81. The quantitative estimate of drug-likeness (QED) is 0.221. The summed E-state index contributed by atoms with van der Waals surface area (Å²) in [7, 11) is 1.47. The molecule has 0 bridgehead atoms. The summed E-state index contributed by atoms with van der Waals surface area (Å²) in [6.45, 7) is 5.17. The van der Waals surface area contributed by atoms with Crippen molar-refractivity contribution in [3.05, 3.63) is 88.5 Å². The van der Waals surface area contributed by atoms with Crippen LogP contribution in [0.3, 0.4) is 0 Å². The maximum atomic E-state index is 13.2. The Balaban J connectivity index is 1.46. The van der Waals surface area contributed by atoms with Crippen molar-refractivity contribution >= 4 is 17.7 Å². The maximum Gasteiger partial charge on any atom is 0.338 e. The minimum Gasteiger partial charge on any atom is -0.508 e. The van der Waals surface area contributed by atoms with Gasteiger partial charge < -0.3 is 30.3 Å². The molecule has 1 aliphatic rings. The van der Waals surface area contributed by atoms with Crippen LogP contribution in [-0.4, -0.2) is 60.2 Å². The molecule has 1 saturated heterocycles. The molecule has 0 saturated carbocycles. The molecule has 0 aliphatic carbocycles. The number of hydrogen-bond acceptors (Lipinski definition) is 8. The lowest BCUT2D eigenvalue weighted by atomic mass is 9.95. The summed E-state index contributed by atoms with van der Waals surface area (Å²) in [6.07, 6.45) is 1.58. The van der Waals surface area contributed by atoms with E-state index in [-0.39, 0.29) is 34.5 Å². The molecule has 41 heavy (non-hydrogen) atoms. The molecule has 9 nitrogen and oxygen atoms in total. The number of ether oxygens (including phenoxy) is 2. The molecule has 3 unspecified atom stereocenters. The van der Waals surface area contributed by atoms with Crippen LogP contribution < -0.4 is 15.4 Å². The first-order valence-electron chi connectivity index (χ1n) is 13.8. The largest absolute Gasteiger partial charge is 0.508 e. The number of phenolic OH excluding ortho intramolecular Hbond substituents is 2. The number of methoxy groups -OCH3 is 1. The number of nitrogens with one attached hydrogen (secondary N) is 2. The molecule has 3 aromatic carbocycles. The second kappa shape index (κ2) is 13.3. The summed E-state index contributed by atoms with van der Waals surface area (Å²) in [4.78, 5) is 39.2. The van der Waals surface area contributed by atoms with Gasteiger partial charge in [-0.25, -0.2) is 4.79 Å². The van der Waals surface area contributed by atoms with Crippen LogP contribution in [0.2, 0.25) is 0 Å². The van der Waals surface area contributed by atoms with Crippen LogP contribution in [0.25, 0.3) is 0 Å². The molecule has 4 N–H and O–H groups in total. The zero-order chi connectivity index (χ0) is 29.5. The molecule has 0 spiro atoms. The molecule has 1 amide bonds. The lowest BCUT2D eigenvalue weighted by molar-refractivity contribution is 0.0192. The molecule has 216 valence electrons. The predicted molar refractivity (Wildman–Crippen MR) is 154 cm³/mol. The summed E-state index contributed by atoms with van der Waals surface area (Å²) in [6, 6.07) is 14.8. The van der Waals surface area contributed by atoms with E-state index in [1.54, 1.807) is 18.2 Å². The van der Waals surface area contributed by atoms with E-state index in [9.17, 15) is 24.6 Å². The molecule has 4 rings (SSSR count). The predicted octanol–water partition coefficient (Wildman–Crippen LogP) is 4.56. The van der Waals surface area contributed by atoms with Crippen molar-refractivity contribution in [2.24, 2.45) is 0 Å². The van der Waals surface area contributed by atoms with Crippen LogP contribution in [0.4, 0.5) is 0 Å². The number of aromatic hydroxyl groups is 2. The van der Waals surface area contributed by atoms with Gasteiger partial charge in [0.05, 0.1) is 24.3 Å². The van der Waals surface area contributed by atoms with E-state index in [0.29, 0.717) is 35.4 Å². The second-order valence-electron chi connectivity index (χ2n) is 10.2. The van der Waals surface area contributed by atoms with Gasteiger partial charge in [0.25, 0.3) is 5.91 Å². The average Bonchev–Trinajstić information content (AvgIpc) is 3.21. The van der Waals surface area contributed by atoms with E-state index >= 15 is 0 Å². The van der Waals surface area contributed by atoms with E-state index in [0.717, 1.165) is 19.4 Å². The molecule has 0 radical (unpaired) electrons. The first kappa shape index (κ1) is 29.6. The van der Waals surface area contributed by atoms with Gasteiger partial charge in [0.1, 0.15) is 23.4 Å². The summed E-state index contributed by atoms with van der Waals surface area (Å²) in [5.74, 6) is -0.767. The van der Waals surface area contributed by atoms with Gasteiger partial charge in [0.15, 0.2) is 5.78 Å². The third kappa shape index (κ3) is 7.05. The Hall–Kier alpha value is -4.37. The third-order valence-corrected chi connectivity index (χ3v) is 7.49. The van der Waals surface area contributed by atoms with Gasteiger partial charge in [-0.05, 0) is 85.8 Å². The van der Waals surface area contributed by atoms with Crippen LogP contribution in [0.5, 0.6) is 17.2 Å². The monoisotopic (exact) mass is 560 g/mol. The Labute approximate surface area is 239 Å². The van der Waals surface area contributed by atoms with Crippen LogP contribution in [0.1, 0.15) is 81.2 Å². The molecule has 0 aromatic heterocycles. The van der Waals surface area contributed by atoms with Gasteiger partial charge in [0, 0.05) is 17.7 Å². The van der Waals surface area contributed by atoms with Gasteiger partial charge in [-0.3, -0.25) is 9.59 Å². The number of phenols is 2. The van der Waals surface area contributed by atoms with Crippen molar-refractivity contribution in [3.8, 4) is 17.2 Å². The zero-order valence-corrected chi connectivity index (χ0v) is 23.5. The van der Waals surface area contributed by atoms with Crippen LogP contribution in [0.15, 0.2) is 60.7 Å². The average molecular weight is 561 g/mol. The standard InChI is InChI=1S/C32H36N2O7/c1-4-19(2)24-16-22(11-13-27(24)35)31(38)34-26-18-33-15-5-6-29(26)41-32(39)21-9-7-20(8-10-21)30(37)25-17-23(40-3)12-14-28(25)36/h7-14,16-17,19,26,29,33,35-36H,4-6,15,18H2,1-3H3,(H,34,38). The minimum absolute atomic E-state index is 0.0918. The Morgan fingerprint density at radius 1 is 0.976 bits per heavy atom. The number of hydrogen-bond donors (Lipinski definition) is 4. The molecule has 9 heteroatoms. The van der Waals surface area contributed by atoms with E-state index in [4.69, 9.17) is 9.47 Å². The van der Waals surface area contributed by atoms with Gasteiger partial charge in [-0.2, -0.15) is 0 Å². The van der Waals surface area contributed by atoms with E-state index < -0.39 is 23.9 Å². The zero-order valence-electron chi connectivity index (χ0n) is 23.5. The SMILES string of the molecule is CCC(C)c1cc(C(=O)NC2CNCCCC2OC(=O)c2ccc(C(=O)c3cc(OC)ccc3O)cc2)ccc1O. The number of rotatable bonds is 9. The lowest BCUT2D eigenvalue weighted by Crippen LogP contribution is -2.49. The summed E-state index contributed by atoms with van der Waals surface area (Å²) in [5, 5.41) is 26.7. The Morgan fingerprint density at radius 2 is 1.66 bits per heavy atom. The van der Waals surface area contributed by atoms with Crippen LogP contribution in [0, 0.1) is 0 Å². The highest BCUT2D eigenvalue weighted by Crippen LogP contribution is 2.29. The fraction of sp³-hybridized carbons (Fsp3) is 0.344. The van der Waals surface area contributed by atoms with Crippen molar-refractivity contribution in [2.75, 3.05) is 20.2 Å². The van der Waals surface area contributed by atoms with Gasteiger partial charge in [0.2, 0.25) is 0 Å². The number of carbonyl (C=O) groups excluding carboxylic acids is 3. The minimum atomic E-state index is -0.567. The van der Waals surface area contributed by atoms with Crippen molar-refractivity contribution in [2.45, 2.75) is 51.2 Å². The first-order chi connectivity index (χ1) is 19.7. The lowest BCUT2D eigenvalue weighted by Gasteiger charge is -2.26. The first-order valence-corrected chi connectivity index (χ1v) is 13.8. The van der Waals surface area contributed by atoms with Crippen molar-refractivity contribution < 1.29 is 34.1 Å². The molecular formula is C32H36N2O7. The van der Waals surface area contributed by atoms with Crippen LogP contribution >= 0.6 is 0 Å². The summed E-state index contributed by atoms with van der Waals surface area (Å²) >= 11 is 0. The van der Waals surface area contributed by atoms with Crippen molar-refractivity contribution in [1.29, 1.82) is 0 Å². The van der Waals surface area contributed by atoms with Crippen molar-refractivity contribution in [1.82, 2.24) is 10.6 Å². The summed E-state index contributed by atoms with van der Waals surface area (Å²) in [5.41, 5.74) is 1.78. The Morgan fingerprint density at radius 3 is 2.37 bits per heavy atom. The fourth-order valence-electron chi connectivity index (χ4n) is 4.81. The van der Waals surface area contributed by atoms with Crippen molar-refractivity contribution in [3.63, 3.8) is 0 Å². The smallest absolute Gasteiger partial charge is 0.338 e. The highest BCUT2D eigenvalue weighted by Gasteiger charge is 2.29. The number of amides is 1. The molecule has 1 aliphatic heterocycles. The third-order valence-electron chi connectivity index (χ3n) is 7.49. The van der Waals surface area contributed by atoms with Gasteiger partial charge in [-0.1, -0.05) is 26.0 Å².